The van der Waals surface area contributed by atoms with Crippen LogP contribution in [0.25, 0.3) is 0 Å². The van der Waals surface area contributed by atoms with E-state index < -0.39 is 0 Å². The summed E-state index contributed by atoms with van der Waals surface area (Å²) in [6, 6.07) is 13.7. The van der Waals surface area contributed by atoms with Crippen molar-refractivity contribution in [1.82, 2.24) is 4.90 Å². The molecule has 1 heterocycles. The maximum atomic E-state index is 12.6. The number of piperazine rings is 1. The van der Waals surface area contributed by atoms with Gasteiger partial charge in [-0.3, -0.25) is 9.59 Å². The molecule has 0 unspecified atom stereocenters. The minimum Gasteiger partial charge on any atom is -0.492 e. The molecule has 1 aliphatic heterocycles. The van der Waals surface area contributed by atoms with Crippen molar-refractivity contribution < 1.29 is 14.3 Å². The summed E-state index contributed by atoms with van der Waals surface area (Å²) in [5, 5.41) is 0. The first-order chi connectivity index (χ1) is 14.0. The molecule has 1 amide bonds. The summed E-state index contributed by atoms with van der Waals surface area (Å²) < 4.78 is 5.73. The van der Waals surface area contributed by atoms with E-state index in [0.29, 0.717) is 25.3 Å². The van der Waals surface area contributed by atoms with Gasteiger partial charge >= 0.3 is 0 Å². The molecule has 1 fully saturated rings. The molecule has 5 nitrogen and oxygen atoms in total. The first-order valence-electron chi connectivity index (χ1n) is 10.3. The molecular formula is C24H30N2O3. The van der Waals surface area contributed by atoms with Crippen LogP contribution in [-0.4, -0.2) is 49.4 Å². The van der Waals surface area contributed by atoms with Crippen molar-refractivity contribution in [3.05, 3.63) is 59.2 Å². The van der Waals surface area contributed by atoms with Gasteiger partial charge < -0.3 is 14.5 Å². The molecule has 1 saturated heterocycles. The van der Waals surface area contributed by atoms with Crippen LogP contribution in [0.15, 0.2) is 42.5 Å². The zero-order valence-corrected chi connectivity index (χ0v) is 17.6. The predicted octanol–water partition coefficient (Wildman–Crippen LogP) is 4.01. The number of hydrogen-bond donors (Lipinski definition) is 0. The van der Waals surface area contributed by atoms with Crippen molar-refractivity contribution >= 4 is 17.4 Å². The topological polar surface area (TPSA) is 49.9 Å². The highest BCUT2D eigenvalue weighted by Gasteiger charge is 2.23. The second kappa shape index (κ2) is 9.59. The van der Waals surface area contributed by atoms with Gasteiger partial charge in [0.25, 0.3) is 0 Å². The maximum Gasteiger partial charge on any atom is 0.223 e. The van der Waals surface area contributed by atoms with E-state index in [9.17, 15) is 9.59 Å². The number of carbonyl (C=O) groups excluding carboxylic acids is 2. The molecule has 29 heavy (non-hydrogen) atoms. The highest BCUT2D eigenvalue weighted by Crippen LogP contribution is 2.29. The van der Waals surface area contributed by atoms with Crippen molar-refractivity contribution in [3.8, 4) is 5.75 Å². The fraction of sp³-hybridized carbons (Fsp3) is 0.417. The summed E-state index contributed by atoms with van der Waals surface area (Å²) in [4.78, 5) is 29.2. The Morgan fingerprint density at radius 3 is 2.34 bits per heavy atom. The van der Waals surface area contributed by atoms with Gasteiger partial charge in [-0.05, 0) is 50.1 Å². The third-order valence-electron chi connectivity index (χ3n) is 5.53. The zero-order chi connectivity index (χ0) is 20.8. The molecule has 0 radical (unpaired) electrons. The van der Waals surface area contributed by atoms with Gasteiger partial charge in [-0.2, -0.15) is 0 Å². The lowest BCUT2D eigenvalue weighted by Gasteiger charge is -2.36. The summed E-state index contributed by atoms with van der Waals surface area (Å²) in [5.41, 5.74) is 4.04. The monoisotopic (exact) mass is 394 g/mol. The van der Waals surface area contributed by atoms with Gasteiger partial charge in [-0.15, -0.1) is 0 Å². The van der Waals surface area contributed by atoms with Crippen molar-refractivity contribution in [2.24, 2.45) is 0 Å². The van der Waals surface area contributed by atoms with E-state index in [-0.39, 0.29) is 24.5 Å². The smallest absolute Gasteiger partial charge is 0.223 e. The molecule has 0 aromatic heterocycles. The Morgan fingerprint density at radius 1 is 0.931 bits per heavy atom. The average molecular weight is 395 g/mol. The second-order valence-electron chi connectivity index (χ2n) is 7.49. The SMILES string of the molecule is CCOc1ccccc1N1CCN(C(=O)CCC(=O)c2ccc(C)c(C)c2)CC1. The highest BCUT2D eigenvalue weighted by molar-refractivity contribution is 5.98. The second-order valence-corrected chi connectivity index (χ2v) is 7.49. The lowest BCUT2D eigenvalue weighted by molar-refractivity contribution is -0.131. The minimum atomic E-state index is 0.0331. The van der Waals surface area contributed by atoms with Crippen LogP contribution in [0.5, 0.6) is 5.75 Å². The van der Waals surface area contributed by atoms with E-state index in [1.54, 1.807) is 0 Å². The Kier molecular flexibility index (Phi) is 6.91. The van der Waals surface area contributed by atoms with Crippen LogP contribution >= 0.6 is 0 Å². The van der Waals surface area contributed by atoms with E-state index in [1.165, 1.54) is 5.56 Å². The Balaban J connectivity index is 1.51. The predicted molar refractivity (Wildman–Crippen MR) is 116 cm³/mol. The lowest BCUT2D eigenvalue weighted by atomic mass is 10.0. The van der Waals surface area contributed by atoms with Crippen LogP contribution in [0.1, 0.15) is 41.3 Å². The number of aryl methyl sites for hydroxylation is 2. The fourth-order valence-corrected chi connectivity index (χ4v) is 3.63. The summed E-state index contributed by atoms with van der Waals surface area (Å²) >= 11 is 0. The van der Waals surface area contributed by atoms with Crippen LogP contribution < -0.4 is 9.64 Å². The molecule has 154 valence electrons. The summed E-state index contributed by atoms with van der Waals surface area (Å²) in [5.74, 6) is 0.972. The van der Waals surface area contributed by atoms with Gasteiger partial charge in [-0.1, -0.05) is 24.3 Å². The van der Waals surface area contributed by atoms with Crippen molar-refractivity contribution in [3.63, 3.8) is 0 Å². The number of benzene rings is 2. The minimum absolute atomic E-state index is 0.0331. The number of para-hydroxylation sites is 2. The number of amides is 1. The molecule has 2 aromatic rings. The number of ether oxygens (including phenoxy) is 1. The van der Waals surface area contributed by atoms with Gasteiger partial charge in [-0.25, -0.2) is 0 Å². The van der Waals surface area contributed by atoms with Gasteiger partial charge in [0.05, 0.1) is 12.3 Å². The Bertz CT molecular complexity index is 870. The fourth-order valence-electron chi connectivity index (χ4n) is 3.63. The van der Waals surface area contributed by atoms with Crippen LogP contribution in [0.4, 0.5) is 5.69 Å². The van der Waals surface area contributed by atoms with Crippen LogP contribution in [0, 0.1) is 13.8 Å². The van der Waals surface area contributed by atoms with E-state index in [0.717, 1.165) is 30.1 Å². The van der Waals surface area contributed by atoms with E-state index >= 15 is 0 Å². The maximum absolute atomic E-state index is 12.6. The number of nitrogens with zero attached hydrogens (tertiary/aromatic N) is 2. The van der Waals surface area contributed by atoms with Gasteiger partial charge in [0.15, 0.2) is 5.78 Å². The largest absolute Gasteiger partial charge is 0.492 e. The van der Waals surface area contributed by atoms with Gasteiger partial charge in [0.1, 0.15) is 5.75 Å². The van der Waals surface area contributed by atoms with Crippen LogP contribution in [-0.2, 0) is 4.79 Å². The standard InChI is InChI=1S/C24H30N2O3/c1-4-29-23-8-6-5-7-21(23)25-13-15-26(16-14-25)24(28)12-11-22(27)20-10-9-18(2)19(3)17-20/h5-10,17H,4,11-16H2,1-3H3. The quantitative estimate of drug-likeness (QED) is 0.666. The third kappa shape index (κ3) is 5.17. The third-order valence-corrected chi connectivity index (χ3v) is 5.53. The molecule has 0 N–H and O–H groups in total. The van der Waals surface area contributed by atoms with E-state index in [1.807, 2.05) is 62.1 Å². The molecule has 0 bridgehead atoms. The number of hydrogen-bond acceptors (Lipinski definition) is 4. The molecule has 1 aliphatic rings. The van der Waals surface area contributed by atoms with Crippen molar-refractivity contribution in [2.75, 3.05) is 37.7 Å². The van der Waals surface area contributed by atoms with Crippen LogP contribution in [0.2, 0.25) is 0 Å². The molecule has 3 rings (SSSR count). The molecule has 0 spiro atoms. The molecule has 5 heteroatoms. The summed E-state index contributed by atoms with van der Waals surface area (Å²) in [6.07, 6.45) is 0.524. The molecule has 0 saturated carbocycles. The number of anilines is 1. The Labute approximate surface area is 173 Å². The number of rotatable bonds is 7. The van der Waals surface area contributed by atoms with Crippen LogP contribution in [0.3, 0.4) is 0 Å². The number of ketones is 1. The molecule has 0 atom stereocenters. The number of carbonyl (C=O) groups is 2. The normalized spacial score (nSPS) is 14.0. The van der Waals surface area contributed by atoms with E-state index in [4.69, 9.17) is 4.74 Å². The Morgan fingerprint density at radius 2 is 1.66 bits per heavy atom. The zero-order valence-electron chi connectivity index (χ0n) is 17.6. The summed E-state index contributed by atoms with van der Waals surface area (Å²) in [6.45, 7) is 9.49. The van der Waals surface area contributed by atoms with Crippen molar-refractivity contribution in [2.45, 2.75) is 33.6 Å². The van der Waals surface area contributed by atoms with Gasteiger partial charge in [0.2, 0.25) is 5.91 Å². The van der Waals surface area contributed by atoms with Crippen molar-refractivity contribution in [1.29, 1.82) is 0 Å². The molecule has 2 aromatic carbocycles. The van der Waals surface area contributed by atoms with E-state index in [2.05, 4.69) is 11.0 Å². The lowest BCUT2D eigenvalue weighted by Crippen LogP contribution is -2.48. The highest BCUT2D eigenvalue weighted by atomic mass is 16.5. The average Bonchev–Trinajstić information content (AvgIpc) is 2.74. The Hall–Kier alpha value is -2.82. The summed E-state index contributed by atoms with van der Waals surface area (Å²) in [7, 11) is 0. The molecule has 0 aliphatic carbocycles. The first-order valence-corrected chi connectivity index (χ1v) is 10.3. The van der Waals surface area contributed by atoms with Gasteiger partial charge in [0, 0.05) is 44.6 Å². The molecular weight excluding hydrogens is 364 g/mol. The first kappa shape index (κ1) is 20.9. The number of Topliss-reactive ketones (excluding diaryl/α,β-unsaturated/α-hetero) is 1.